The van der Waals surface area contributed by atoms with E-state index in [2.05, 4.69) is 80.5 Å². The van der Waals surface area contributed by atoms with Crippen LogP contribution in [0.25, 0.3) is 0 Å². The van der Waals surface area contributed by atoms with E-state index in [9.17, 15) is 0 Å². The van der Waals surface area contributed by atoms with Crippen LogP contribution < -0.4 is 0 Å². The third kappa shape index (κ3) is 15.3. The SMILES string of the molecule is CC1CCCN(C)C1.CC1CCN(C)C1.CC1CCN(C)CC1.CN1CCN(C)CC1. The van der Waals surface area contributed by atoms with E-state index in [1.54, 1.807) is 0 Å². The number of hydrogen-bond donors (Lipinski definition) is 0. The van der Waals surface area contributed by atoms with Crippen molar-refractivity contribution in [2.24, 2.45) is 17.8 Å². The Balaban J connectivity index is 0.000000207. The second-order valence-corrected chi connectivity index (χ2v) is 11.3. The van der Waals surface area contributed by atoms with Gasteiger partial charge >= 0.3 is 0 Å². The second kappa shape index (κ2) is 16.4. The Bertz CT molecular complexity index is 360. The van der Waals surface area contributed by atoms with Crippen LogP contribution in [-0.4, -0.2) is 125 Å². The number of nitrogens with zero attached hydrogens (tertiary/aromatic N) is 5. The zero-order valence-corrected chi connectivity index (χ0v) is 22.6. The molecule has 4 heterocycles. The first-order valence-corrected chi connectivity index (χ1v) is 13.1. The van der Waals surface area contributed by atoms with Gasteiger partial charge in [-0.15, -0.1) is 0 Å². The molecule has 0 saturated carbocycles. The van der Waals surface area contributed by atoms with Gasteiger partial charge in [0.2, 0.25) is 0 Å². The molecule has 2 atom stereocenters. The van der Waals surface area contributed by atoms with Crippen molar-refractivity contribution >= 4 is 0 Å². The molecule has 0 aliphatic carbocycles. The van der Waals surface area contributed by atoms with Crippen LogP contribution in [0.1, 0.15) is 52.9 Å². The van der Waals surface area contributed by atoms with Gasteiger partial charge < -0.3 is 24.5 Å². The van der Waals surface area contributed by atoms with E-state index >= 15 is 0 Å². The highest BCUT2D eigenvalue weighted by Crippen LogP contribution is 2.14. The Morgan fingerprint density at radius 1 is 0.387 bits per heavy atom. The predicted octanol–water partition coefficient (Wildman–Crippen LogP) is 3.52. The van der Waals surface area contributed by atoms with Crippen LogP contribution in [0.2, 0.25) is 0 Å². The first-order chi connectivity index (χ1) is 14.7. The molecule has 186 valence electrons. The van der Waals surface area contributed by atoms with E-state index in [0.717, 1.165) is 17.8 Å². The minimum atomic E-state index is 0.939. The fourth-order valence-corrected chi connectivity index (χ4v) is 4.62. The summed E-state index contributed by atoms with van der Waals surface area (Å²) in [4.78, 5) is 11.9. The van der Waals surface area contributed by atoms with Crippen molar-refractivity contribution in [1.82, 2.24) is 24.5 Å². The van der Waals surface area contributed by atoms with Crippen molar-refractivity contribution in [2.45, 2.75) is 52.9 Å². The number of piperazine rings is 1. The van der Waals surface area contributed by atoms with Crippen LogP contribution in [0.5, 0.6) is 0 Å². The molecule has 0 N–H and O–H groups in total. The largest absolute Gasteiger partial charge is 0.306 e. The van der Waals surface area contributed by atoms with Crippen LogP contribution in [0.3, 0.4) is 0 Å². The molecule has 0 aromatic carbocycles. The Morgan fingerprint density at radius 2 is 0.742 bits per heavy atom. The van der Waals surface area contributed by atoms with E-state index in [1.807, 2.05) is 0 Å². The summed E-state index contributed by atoms with van der Waals surface area (Å²) in [6.07, 6.45) is 7.03. The number of piperidine rings is 2. The molecule has 2 unspecified atom stereocenters. The van der Waals surface area contributed by atoms with Gasteiger partial charge in [0, 0.05) is 39.3 Å². The molecule has 4 aliphatic rings. The summed E-state index contributed by atoms with van der Waals surface area (Å²) >= 11 is 0. The summed E-state index contributed by atoms with van der Waals surface area (Å²) < 4.78 is 0. The highest BCUT2D eigenvalue weighted by molar-refractivity contribution is 4.68. The van der Waals surface area contributed by atoms with E-state index in [4.69, 9.17) is 0 Å². The lowest BCUT2D eigenvalue weighted by molar-refractivity contribution is 0.181. The third-order valence-corrected chi connectivity index (χ3v) is 7.22. The zero-order chi connectivity index (χ0) is 23.2. The summed E-state index contributed by atoms with van der Waals surface area (Å²) in [7, 11) is 10.9. The maximum Gasteiger partial charge on any atom is 0.0107 e. The highest BCUT2D eigenvalue weighted by atomic mass is 15.2. The fraction of sp³-hybridized carbons (Fsp3) is 1.00. The summed E-state index contributed by atoms with van der Waals surface area (Å²) in [6, 6.07) is 0. The molecule has 0 radical (unpaired) electrons. The van der Waals surface area contributed by atoms with Gasteiger partial charge in [-0.3, -0.25) is 0 Å². The van der Waals surface area contributed by atoms with E-state index in [0.29, 0.717) is 0 Å². The normalized spacial score (nSPS) is 29.8. The lowest BCUT2D eigenvalue weighted by atomic mass is 10.00. The zero-order valence-electron chi connectivity index (χ0n) is 22.6. The topological polar surface area (TPSA) is 16.2 Å². The van der Waals surface area contributed by atoms with Crippen LogP contribution in [-0.2, 0) is 0 Å². The molecule has 5 heteroatoms. The molecule has 0 aromatic heterocycles. The molecule has 4 fully saturated rings. The van der Waals surface area contributed by atoms with Crippen LogP contribution >= 0.6 is 0 Å². The van der Waals surface area contributed by atoms with Gasteiger partial charge in [-0.1, -0.05) is 20.8 Å². The van der Waals surface area contributed by atoms with E-state index in [1.165, 1.54) is 97.6 Å². The standard InChI is InChI=1S/2C7H15N.C6H14N2.C6H13N/c1-7-3-5-8(2)6-4-7;1-7-4-3-5-8(2)6-7;1-7-3-5-8(2)6-4-7;1-6-3-4-7(2)5-6/h2*7H,3-6H2,1-2H3;3-6H2,1-2H3;6H,3-5H2,1-2H3. The molecular formula is C26H57N5. The Labute approximate surface area is 196 Å². The molecular weight excluding hydrogens is 382 g/mol. The number of hydrogen-bond acceptors (Lipinski definition) is 5. The maximum absolute atomic E-state index is 2.41. The van der Waals surface area contributed by atoms with Gasteiger partial charge in [0.25, 0.3) is 0 Å². The summed E-state index contributed by atoms with van der Waals surface area (Å²) in [5.74, 6) is 2.87. The number of likely N-dealkylation sites (tertiary alicyclic amines) is 3. The third-order valence-electron chi connectivity index (χ3n) is 7.22. The lowest BCUT2D eigenvalue weighted by Gasteiger charge is -2.28. The Kier molecular flexibility index (Phi) is 15.3. The van der Waals surface area contributed by atoms with Gasteiger partial charge in [0.05, 0.1) is 0 Å². The summed E-state index contributed by atoms with van der Waals surface area (Å²) in [5.41, 5.74) is 0. The van der Waals surface area contributed by atoms with Gasteiger partial charge in [-0.2, -0.15) is 0 Å². The van der Waals surface area contributed by atoms with Gasteiger partial charge in [-0.25, -0.2) is 0 Å². The molecule has 0 bridgehead atoms. The Hall–Kier alpha value is -0.200. The van der Waals surface area contributed by atoms with Crippen LogP contribution in [0.15, 0.2) is 0 Å². The van der Waals surface area contributed by atoms with E-state index < -0.39 is 0 Å². The molecule has 0 amide bonds. The van der Waals surface area contributed by atoms with Crippen molar-refractivity contribution in [3.8, 4) is 0 Å². The van der Waals surface area contributed by atoms with E-state index in [-0.39, 0.29) is 0 Å². The first-order valence-electron chi connectivity index (χ1n) is 13.1. The first kappa shape index (κ1) is 28.8. The average Bonchev–Trinajstić information content (AvgIpc) is 3.10. The van der Waals surface area contributed by atoms with Crippen molar-refractivity contribution < 1.29 is 0 Å². The Morgan fingerprint density at radius 3 is 1.03 bits per heavy atom. The van der Waals surface area contributed by atoms with Gasteiger partial charge in [0.15, 0.2) is 0 Å². The monoisotopic (exact) mass is 439 g/mol. The minimum Gasteiger partial charge on any atom is -0.306 e. The van der Waals surface area contributed by atoms with Crippen LogP contribution in [0.4, 0.5) is 0 Å². The molecule has 4 aliphatic heterocycles. The molecule has 4 rings (SSSR count). The van der Waals surface area contributed by atoms with Gasteiger partial charge in [-0.05, 0) is 111 Å². The van der Waals surface area contributed by atoms with Gasteiger partial charge in [0.1, 0.15) is 0 Å². The van der Waals surface area contributed by atoms with Crippen molar-refractivity contribution in [1.29, 1.82) is 0 Å². The second-order valence-electron chi connectivity index (χ2n) is 11.3. The number of rotatable bonds is 0. The molecule has 0 spiro atoms. The fourth-order valence-electron chi connectivity index (χ4n) is 4.62. The highest BCUT2D eigenvalue weighted by Gasteiger charge is 2.13. The van der Waals surface area contributed by atoms with Crippen molar-refractivity contribution in [3.63, 3.8) is 0 Å². The molecule has 0 aromatic rings. The summed E-state index contributed by atoms with van der Waals surface area (Å²) in [6.45, 7) is 19.8. The smallest absolute Gasteiger partial charge is 0.0107 e. The predicted molar refractivity (Wildman–Crippen MR) is 138 cm³/mol. The molecule has 5 nitrogen and oxygen atoms in total. The lowest BCUT2D eigenvalue weighted by Crippen LogP contribution is -2.42. The molecule has 4 saturated heterocycles. The summed E-state index contributed by atoms with van der Waals surface area (Å²) in [5, 5.41) is 0. The molecule has 31 heavy (non-hydrogen) atoms. The average molecular weight is 440 g/mol. The van der Waals surface area contributed by atoms with Crippen molar-refractivity contribution in [3.05, 3.63) is 0 Å². The van der Waals surface area contributed by atoms with Crippen LogP contribution in [0, 0.1) is 17.8 Å². The van der Waals surface area contributed by atoms with Crippen molar-refractivity contribution in [2.75, 3.05) is 101 Å². The quantitative estimate of drug-likeness (QED) is 0.572. The number of likely N-dealkylation sites (N-methyl/N-ethyl adjacent to an activating group) is 2. The minimum absolute atomic E-state index is 0.939. The maximum atomic E-state index is 2.41.